The highest BCUT2D eigenvalue weighted by Gasteiger charge is 2.37. The minimum atomic E-state index is -3.67. The van der Waals surface area contributed by atoms with Gasteiger partial charge in [0, 0.05) is 51.0 Å². The molecule has 0 unspecified atom stereocenters. The number of morpholine rings is 1. The summed E-state index contributed by atoms with van der Waals surface area (Å²) in [5.74, 6) is 0.780. The Labute approximate surface area is 196 Å². The minimum Gasteiger partial charge on any atom is -0.378 e. The Kier molecular flexibility index (Phi) is 7.29. The van der Waals surface area contributed by atoms with Gasteiger partial charge in [0.1, 0.15) is 10.7 Å². The fourth-order valence-corrected chi connectivity index (χ4v) is 6.42. The van der Waals surface area contributed by atoms with Gasteiger partial charge in [-0.25, -0.2) is 13.4 Å². The molecule has 8 nitrogen and oxygen atoms in total. The highest BCUT2D eigenvalue weighted by molar-refractivity contribution is 7.89. The van der Waals surface area contributed by atoms with Crippen LogP contribution in [0.5, 0.6) is 0 Å². The summed E-state index contributed by atoms with van der Waals surface area (Å²) in [5.41, 5.74) is 1.76. The van der Waals surface area contributed by atoms with E-state index in [1.165, 1.54) is 6.20 Å². The molecule has 2 aromatic rings. The number of anilines is 1. The first-order chi connectivity index (χ1) is 15.9. The Morgan fingerprint density at radius 2 is 1.88 bits per heavy atom. The van der Waals surface area contributed by atoms with Gasteiger partial charge < -0.3 is 9.64 Å². The van der Waals surface area contributed by atoms with Crippen molar-refractivity contribution in [2.45, 2.75) is 43.8 Å². The van der Waals surface area contributed by atoms with Crippen molar-refractivity contribution < 1.29 is 13.2 Å². The van der Waals surface area contributed by atoms with Crippen LogP contribution in [0.3, 0.4) is 0 Å². The first-order valence-electron chi connectivity index (χ1n) is 11.4. The molecule has 0 saturated carbocycles. The van der Waals surface area contributed by atoms with E-state index in [9.17, 15) is 8.42 Å². The lowest BCUT2D eigenvalue weighted by molar-refractivity contribution is 0.122. The first-order valence-corrected chi connectivity index (χ1v) is 12.9. The van der Waals surface area contributed by atoms with Crippen LogP contribution >= 0.6 is 0 Å². The number of pyridine rings is 1. The summed E-state index contributed by atoms with van der Waals surface area (Å²) in [5, 5.41) is 8.98. The van der Waals surface area contributed by atoms with Gasteiger partial charge in [-0.2, -0.15) is 9.57 Å². The molecule has 2 saturated heterocycles. The monoisotopic (exact) mass is 469 g/mol. The molecule has 1 atom stereocenters. The molecule has 2 fully saturated rings. The number of benzene rings is 1. The maximum atomic E-state index is 13.6. The van der Waals surface area contributed by atoms with E-state index >= 15 is 0 Å². The fraction of sp³-hybridized carbons (Fsp3) is 0.500. The molecule has 2 aliphatic heterocycles. The van der Waals surface area contributed by atoms with Gasteiger partial charge in [-0.15, -0.1) is 0 Å². The third-order valence-corrected chi connectivity index (χ3v) is 8.35. The highest BCUT2D eigenvalue weighted by Crippen LogP contribution is 2.27. The van der Waals surface area contributed by atoms with E-state index < -0.39 is 10.0 Å². The normalized spacial score (nSPS) is 19.8. The fourth-order valence-electron chi connectivity index (χ4n) is 4.63. The van der Waals surface area contributed by atoms with Crippen LogP contribution in [-0.4, -0.2) is 74.1 Å². The summed E-state index contributed by atoms with van der Waals surface area (Å²) in [6.45, 7) is 8.93. The lowest BCUT2D eigenvalue weighted by Gasteiger charge is -2.32. The van der Waals surface area contributed by atoms with Crippen molar-refractivity contribution in [2.24, 2.45) is 0 Å². The Bertz CT molecular complexity index is 1070. The zero-order valence-corrected chi connectivity index (χ0v) is 20.0. The molecule has 0 amide bonds. The molecule has 0 bridgehead atoms. The summed E-state index contributed by atoms with van der Waals surface area (Å²) in [6.07, 6.45) is 2.27. The predicted molar refractivity (Wildman–Crippen MR) is 126 cm³/mol. The largest absolute Gasteiger partial charge is 0.378 e. The van der Waals surface area contributed by atoms with Crippen LogP contribution in [-0.2, 0) is 21.3 Å². The molecule has 0 spiro atoms. The van der Waals surface area contributed by atoms with Gasteiger partial charge in [-0.3, -0.25) is 4.90 Å². The highest BCUT2D eigenvalue weighted by atomic mass is 32.2. The lowest BCUT2D eigenvalue weighted by Crippen LogP contribution is -2.46. The predicted octanol–water partition coefficient (Wildman–Crippen LogP) is 2.46. The number of aromatic nitrogens is 1. The average molecular weight is 470 g/mol. The number of ether oxygens (including phenoxy) is 1. The van der Waals surface area contributed by atoms with Gasteiger partial charge in [0.2, 0.25) is 10.0 Å². The molecule has 33 heavy (non-hydrogen) atoms. The molecule has 0 aliphatic carbocycles. The van der Waals surface area contributed by atoms with Crippen LogP contribution in [0.2, 0.25) is 0 Å². The number of likely N-dealkylation sites (tertiary alicyclic amines) is 1. The van der Waals surface area contributed by atoms with Gasteiger partial charge in [-0.1, -0.05) is 12.1 Å². The van der Waals surface area contributed by atoms with Crippen LogP contribution in [0.4, 0.5) is 5.82 Å². The molecule has 2 aliphatic rings. The van der Waals surface area contributed by atoms with Crippen molar-refractivity contribution in [1.29, 1.82) is 5.26 Å². The summed E-state index contributed by atoms with van der Waals surface area (Å²) < 4.78 is 34.2. The van der Waals surface area contributed by atoms with Crippen molar-refractivity contribution in [2.75, 3.05) is 44.3 Å². The maximum Gasteiger partial charge on any atom is 0.245 e. The summed E-state index contributed by atoms with van der Waals surface area (Å²) in [6, 6.07) is 12.9. The summed E-state index contributed by atoms with van der Waals surface area (Å²) in [4.78, 5) is 9.07. The quantitative estimate of drug-likeness (QED) is 0.615. The van der Waals surface area contributed by atoms with Gasteiger partial charge in [0.15, 0.2) is 0 Å². The van der Waals surface area contributed by atoms with E-state index in [0.717, 1.165) is 44.0 Å². The Hall–Kier alpha value is -2.51. The molecule has 4 rings (SSSR count). The first kappa shape index (κ1) is 23.6. The van der Waals surface area contributed by atoms with E-state index in [1.54, 1.807) is 16.4 Å². The van der Waals surface area contributed by atoms with Gasteiger partial charge in [0.05, 0.1) is 24.8 Å². The van der Waals surface area contributed by atoms with Crippen LogP contribution in [0, 0.1) is 11.3 Å². The molecule has 1 aromatic heterocycles. The van der Waals surface area contributed by atoms with Gasteiger partial charge in [-0.05, 0) is 50.1 Å². The zero-order valence-electron chi connectivity index (χ0n) is 19.2. The molecule has 0 radical (unpaired) electrons. The number of nitriles is 1. The van der Waals surface area contributed by atoms with E-state index in [0.29, 0.717) is 25.3 Å². The average Bonchev–Trinajstić information content (AvgIpc) is 3.27. The molecular weight excluding hydrogens is 438 g/mol. The summed E-state index contributed by atoms with van der Waals surface area (Å²) >= 11 is 0. The lowest BCUT2D eigenvalue weighted by atomic mass is 10.1. The second kappa shape index (κ2) is 10.2. The second-order valence-corrected chi connectivity index (χ2v) is 10.7. The Balaban J connectivity index is 1.46. The number of hydrogen-bond acceptors (Lipinski definition) is 7. The van der Waals surface area contributed by atoms with Gasteiger partial charge >= 0.3 is 0 Å². The summed E-state index contributed by atoms with van der Waals surface area (Å²) in [7, 11) is -3.67. The topological polar surface area (TPSA) is 89.8 Å². The van der Waals surface area contributed by atoms with Crippen molar-refractivity contribution in [3.8, 4) is 6.07 Å². The number of hydrogen-bond donors (Lipinski definition) is 0. The molecule has 176 valence electrons. The van der Waals surface area contributed by atoms with Gasteiger partial charge in [0.25, 0.3) is 0 Å². The third-order valence-electron chi connectivity index (χ3n) is 6.24. The standard InChI is InChI=1S/C24H31N5O3S/c1-19(2)29(22-9-10-27(18-22)17-21-5-3-20(15-25)4-6-21)33(30,31)23-7-8-24(26-16-23)28-11-13-32-14-12-28/h3-8,16,19,22H,9-14,17-18H2,1-2H3/t22-/m1/s1. The number of rotatable bonds is 7. The molecule has 0 N–H and O–H groups in total. The zero-order chi connectivity index (χ0) is 23.4. The van der Waals surface area contributed by atoms with E-state index in [1.807, 2.05) is 38.1 Å². The Morgan fingerprint density at radius 3 is 2.48 bits per heavy atom. The van der Waals surface area contributed by atoms with Crippen LogP contribution < -0.4 is 4.90 Å². The van der Waals surface area contributed by atoms with E-state index in [-0.39, 0.29) is 17.0 Å². The molecule has 3 heterocycles. The smallest absolute Gasteiger partial charge is 0.245 e. The number of nitrogens with zero attached hydrogens (tertiary/aromatic N) is 5. The van der Waals surface area contributed by atoms with Crippen molar-refractivity contribution in [3.05, 3.63) is 53.7 Å². The molecule has 1 aromatic carbocycles. The molecular formula is C24H31N5O3S. The van der Waals surface area contributed by atoms with Crippen LogP contribution in [0.25, 0.3) is 0 Å². The number of sulfonamides is 1. The third kappa shape index (κ3) is 5.36. The van der Waals surface area contributed by atoms with Crippen LogP contribution in [0.15, 0.2) is 47.5 Å². The second-order valence-electron chi connectivity index (χ2n) is 8.87. The minimum absolute atomic E-state index is 0.0905. The van der Waals surface area contributed by atoms with E-state index in [4.69, 9.17) is 10.00 Å². The SMILES string of the molecule is CC(C)N([C@@H]1CCN(Cc2ccc(C#N)cc2)C1)S(=O)(=O)c1ccc(N2CCOCC2)nc1. The van der Waals surface area contributed by atoms with Crippen molar-refractivity contribution in [3.63, 3.8) is 0 Å². The Morgan fingerprint density at radius 1 is 1.15 bits per heavy atom. The van der Waals surface area contributed by atoms with Crippen molar-refractivity contribution in [1.82, 2.24) is 14.2 Å². The van der Waals surface area contributed by atoms with Crippen molar-refractivity contribution >= 4 is 15.8 Å². The maximum absolute atomic E-state index is 13.6. The molecule has 9 heteroatoms. The van der Waals surface area contributed by atoms with Crippen LogP contribution in [0.1, 0.15) is 31.4 Å². The van der Waals surface area contributed by atoms with E-state index in [2.05, 4.69) is 20.9 Å².